The third-order valence-electron chi connectivity index (χ3n) is 3.76. The molecule has 0 aromatic heterocycles. The van der Waals surface area contributed by atoms with E-state index in [0.29, 0.717) is 9.13 Å². The summed E-state index contributed by atoms with van der Waals surface area (Å²) in [5, 5.41) is 16.1. The first-order chi connectivity index (χ1) is 12.5. The number of nitrogens with one attached hydrogen (secondary N) is 1. The fourth-order valence-corrected chi connectivity index (χ4v) is 4.58. The molecule has 2 N–H and O–H groups in total. The van der Waals surface area contributed by atoms with Crippen LogP contribution in [-0.2, 0) is 11.2 Å². The summed E-state index contributed by atoms with van der Waals surface area (Å²) in [6.45, 7) is 0. The molecule has 0 atom stereocenters. The van der Waals surface area contributed by atoms with Crippen LogP contribution in [0, 0.1) is 3.57 Å². The van der Waals surface area contributed by atoms with Crippen LogP contribution in [-0.4, -0.2) is 17.2 Å². The van der Waals surface area contributed by atoms with E-state index in [2.05, 4.69) is 42.4 Å². The Hall–Kier alpha value is -1.45. The second-order valence-electron chi connectivity index (χ2n) is 5.55. The van der Waals surface area contributed by atoms with Crippen LogP contribution in [0.4, 0.5) is 0 Å². The molecule has 0 fully saturated rings. The van der Waals surface area contributed by atoms with Gasteiger partial charge in [-0.15, -0.1) is 0 Å². The Balaban J connectivity index is 1.74. The zero-order chi connectivity index (χ0) is 18.7. The van der Waals surface area contributed by atoms with Crippen LogP contribution in [0.1, 0.15) is 11.1 Å². The molecule has 1 amide bonds. The smallest absolute Gasteiger partial charge is 0.244 e. The fourth-order valence-electron chi connectivity index (χ4n) is 2.55. The van der Waals surface area contributed by atoms with E-state index in [1.165, 1.54) is 6.21 Å². The summed E-state index contributed by atoms with van der Waals surface area (Å²) >= 11 is 8.94. The lowest BCUT2D eigenvalue weighted by atomic mass is 10.0. The monoisotopic (exact) mass is 586 g/mol. The highest BCUT2D eigenvalue weighted by molar-refractivity contribution is 14.1. The highest BCUT2D eigenvalue weighted by Gasteiger charge is 2.09. The van der Waals surface area contributed by atoms with Crippen molar-refractivity contribution in [2.75, 3.05) is 0 Å². The van der Waals surface area contributed by atoms with E-state index in [0.717, 1.165) is 25.3 Å². The van der Waals surface area contributed by atoms with Gasteiger partial charge in [0.25, 0.3) is 0 Å². The average Bonchev–Trinajstić information content (AvgIpc) is 2.62. The second kappa shape index (κ2) is 8.49. The molecule has 0 aliphatic heterocycles. The summed E-state index contributed by atoms with van der Waals surface area (Å²) in [7, 11) is 0. The van der Waals surface area contributed by atoms with E-state index in [4.69, 9.17) is 0 Å². The number of carbonyl (C=O) groups is 1. The molecule has 0 aliphatic carbocycles. The normalized spacial score (nSPS) is 11.2. The molecular formula is C19H13Br2IN2O2. The summed E-state index contributed by atoms with van der Waals surface area (Å²) < 4.78 is 2.52. The molecule has 132 valence electrons. The van der Waals surface area contributed by atoms with Gasteiger partial charge in [-0.05, 0) is 57.1 Å². The van der Waals surface area contributed by atoms with Crippen molar-refractivity contribution in [2.45, 2.75) is 6.42 Å². The lowest BCUT2D eigenvalue weighted by Gasteiger charge is -2.07. The van der Waals surface area contributed by atoms with Crippen molar-refractivity contribution < 1.29 is 9.90 Å². The molecule has 0 radical (unpaired) electrons. The van der Waals surface area contributed by atoms with Gasteiger partial charge in [-0.3, -0.25) is 4.79 Å². The molecule has 0 bridgehead atoms. The van der Waals surface area contributed by atoms with Gasteiger partial charge in [0.05, 0.1) is 16.2 Å². The van der Waals surface area contributed by atoms with Gasteiger partial charge in [-0.2, -0.15) is 5.10 Å². The maximum atomic E-state index is 12.2. The van der Waals surface area contributed by atoms with Crippen LogP contribution in [0.25, 0.3) is 10.8 Å². The molecule has 3 aromatic rings. The van der Waals surface area contributed by atoms with Crippen LogP contribution in [0.3, 0.4) is 0 Å². The summed E-state index contributed by atoms with van der Waals surface area (Å²) in [5.74, 6) is -0.0939. The fraction of sp³-hybridized carbons (Fsp3) is 0.0526. The van der Waals surface area contributed by atoms with Crippen molar-refractivity contribution >= 4 is 77.3 Å². The third-order valence-corrected chi connectivity index (χ3v) is 5.73. The largest absolute Gasteiger partial charge is 0.506 e. The van der Waals surface area contributed by atoms with Crippen molar-refractivity contribution in [3.63, 3.8) is 0 Å². The number of benzene rings is 3. The first-order valence-corrected chi connectivity index (χ1v) is 10.3. The Morgan fingerprint density at radius 2 is 1.88 bits per heavy atom. The first-order valence-electron chi connectivity index (χ1n) is 7.61. The van der Waals surface area contributed by atoms with Gasteiger partial charge >= 0.3 is 0 Å². The van der Waals surface area contributed by atoms with Gasteiger partial charge in [-0.25, -0.2) is 5.43 Å². The quantitative estimate of drug-likeness (QED) is 0.245. The van der Waals surface area contributed by atoms with E-state index in [1.807, 2.05) is 59.0 Å². The molecule has 7 heteroatoms. The van der Waals surface area contributed by atoms with Crippen LogP contribution >= 0.6 is 54.5 Å². The highest BCUT2D eigenvalue weighted by Crippen LogP contribution is 2.28. The van der Waals surface area contributed by atoms with Crippen LogP contribution < -0.4 is 5.43 Å². The number of hydrazone groups is 1. The predicted molar refractivity (Wildman–Crippen MR) is 120 cm³/mol. The van der Waals surface area contributed by atoms with Gasteiger partial charge in [0.15, 0.2) is 0 Å². The number of rotatable bonds is 4. The molecule has 3 rings (SSSR count). The zero-order valence-electron chi connectivity index (χ0n) is 13.3. The maximum Gasteiger partial charge on any atom is 0.244 e. The Kier molecular flexibility index (Phi) is 6.31. The molecule has 4 nitrogen and oxygen atoms in total. The summed E-state index contributed by atoms with van der Waals surface area (Å²) in [6, 6.07) is 15.3. The van der Waals surface area contributed by atoms with Gasteiger partial charge in [0.1, 0.15) is 5.75 Å². The second-order valence-corrected chi connectivity index (χ2v) is 8.48. The summed E-state index contributed by atoms with van der Waals surface area (Å²) in [6.07, 6.45) is 1.65. The highest BCUT2D eigenvalue weighted by atomic mass is 127. The maximum absolute atomic E-state index is 12.2. The number of phenols is 1. The molecule has 0 spiro atoms. The summed E-state index contributed by atoms with van der Waals surface area (Å²) in [4.78, 5) is 12.2. The molecule has 0 saturated carbocycles. The lowest BCUT2D eigenvalue weighted by Crippen LogP contribution is -2.20. The summed E-state index contributed by atoms with van der Waals surface area (Å²) in [5.41, 5.74) is 3.97. The Morgan fingerprint density at radius 1 is 1.15 bits per heavy atom. The van der Waals surface area contributed by atoms with Crippen molar-refractivity contribution in [1.29, 1.82) is 0 Å². The Morgan fingerprint density at radius 3 is 2.65 bits per heavy atom. The van der Waals surface area contributed by atoms with E-state index >= 15 is 0 Å². The van der Waals surface area contributed by atoms with E-state index in [9.17, 15) is 9.90 Å². The molecule has 0 saturated heterocycles. The standard InChI is InChI=1S/C19H13Br2IN2O2/c20-13-7-12(19(26)17(22)9-13)10-23-24-18(25)8-11-5-6-16(21)15-4-2-1-3-14(11)15/h1-7,9-10,26H,8H2,(H,24,25)/b23-10+. The lowest BCUT2D eigenvalue weighted by molar-refractivity contribution is -0.120. The average molecular weight is 588 g/mol. The minimum Gasteiger partial charge on any atom is -0.506 e. The van der Waals surface area contributed by atoms with Crippen LogP contribution in [0.5, 0.6) is 5.75 Å². The molecule has 0 heterocycles. The van der Waals surface area contributed by atoms with Crippen molar-refractivity contribution in [3.05, 3.63) is 72.2 Å². The minimum absolute atomic E-state index is 0.130. The van der Waals surface area contributed by atoms with Crippen molar-refractivity contribution in [3.8, 4) is 5.75 Å². The predicted octanol–water partition coefficient (Wildman–Crippen LogP) is 5.37. The van der Waals surface area contributed by atoms with Gasteiger partial charge in [0.2, 0.25) is 5.91 Å². The number of nitrogens with zero attached hydrogens (tertiary/aromatic N) is 1. The van der Waals surface area contributed by atoms with Gasteiger partial charge in [0, 0.05) is 14.5 Å². The zero-order valence-corrected chi connectivity index (χ0v) is 18.7. The van der Waals surface area contributed by atoms with Gasteiger partial charge < -0.3 is 5.11 Å². The SMILES string of the molecule is O=C(Cc1ccc(Br)c2ccccc12)N/N=C/c1cc(Br)cc(I)c1O. The van der Waals surface area contributed by atoms with Crippen LogP contribution in [0.15, 0.2) is 62.6 Å². The van der Waals surface area contributed by atoms with Crippen LogP contribution in [0.2, 0.25) is 0 Å². The minimum atomic E-state index is -0.224. The number of aromatic hydroxyl groups is 1. The number of hydrogen-bond donors (Lipinski definition) is 2. The third kappa shape index (κ3) is 4.44. The Bertz CT molecular complexity index is 1020. The van der Waals surface area contributed by atoms with Gasteiger partial charge in [-0.1, -0.05) is 62.2 Å². The molecule has 3 aromatic carbocycles. The molecule has 0 aliphatic rings. The molecule has 0 unspecified atom stereocenters. The number of phenolic OH excluding ortho intramolecular Hbond substituents is 1. The van der Waals surface area contributed by atoms with E-state index < -0.39 is 0 Å². The number of carbonyl (C=O) groups excluding carboxylic acids is 1. The van der Waals surface area contributed by atoms with Crippen molar-refractivity contribution in [2.24, 2.45) is 5.10 Å². The van der Waals surface area contributed by atoms with Crippen molar-refractivity contribution in [1.82, 2.24) is 5.43 Å². The topological polar surface area (TPSA) is 61.7 Å². The molecule has 26 heavy (non-hydrogen) atoms. The number of fused-ring (bicyclic) bond motifs is 1. The number of hydrogen-bond acceptors (Lipinski definition) is 3. The molecular weight excluding hydrogens is 575 g/mol. The number of amides is 1. The first kappa shape index (κ1) is 19.3. The van der Waals surface area contributed by atoms with E-state index in [1.54, 1.807) is 12.1 Å². The van der Waals surface area contributed by atoms with E-state index in [-0.39, 0.29) is 18.1 Å². The Labute approximate surface area is 181 Å². The number of halogens is 3.